The Balaban J connectivity index is 1.45. The highest BCUT2D eigenvalue weighted by Gasteiger charge is 2.31. The van der Waals surface area contributed by atoms with Crippen LogP contribution in [-0.4, -0.2) is 43.6 Å². The van der Waals surface area contributed by atoms with E-state index in [1.165, 1.54) is 13.0 Å². The number of esters is 1. The van der Waals surface area contributed by atoms with Gasteiger partial charge in [0.05, 0.1) is 12.0 Å². The van der Waals surface area contributed by atoms with Gasteiger partial charge in [0.2, 0.25) is 5.89 Å². The second-order valence-electron chi connectivity index (χ2n) is 7.01. The number of carbonyl (C=O) groups is 1. The van der Waals surface area contributed by atoms with Gasteiger partial charge in [-0.1, -0.05) is 12.1 Å². The summed E-state index contributed by atoms with van der Waals surface area (Å²) in [7, 11) is -2.12. The molecule has 3 aromatic rings. The van der Waals surface area contributed by atoms with E-state index < -0.39 is 28.1 Å². The molecule has 1 aliphatic heterocycles. The molecular formula is C21H20N4O6S. The van der Waals surface area contributed by atoms with E-state index in [0.29, 0.717) is 16.9 Å². The molecule has 2 heterocycles. The van der Waals surface area contributed by atoms with Crippen molar-refractivity contribution in [2.24, 2.45) is 4.99 Å². The lowest BCUT2D eigenvalue weighted by Gasteiger charge is -2.12. The van der Waals surface area contributed by atoms with Crippen molar-refractivity contribution in [2.75, 3.05) is 7.11 Å². The topological polar surface area (TPSA) is 133 Å². The van der Waals surface area contributed by atoms with Crippen molar-refractivity contribution < 1.29 is 27.1 Å². The normalized spacial score (nSPS) is 17.3. The summed E-state index contributed by atoms with van der Waals surface area (Å²) in [5.74, 6) is 0.514. The van der Waals surface area contributed by atoms with Crippen molar-refractivity contribution in [3.63, 3.8) is 0 Å². The molecule has 1 aliphatic rings. The molecule has 0 radical (unpaired) electrons. The number of carbonyl (C=O) groups excluding carboxylic acids is 1. The van der Waals surface area contributed by atoms with Crippen molar-refractivity contribution in [1.82, 2.24) is 14.9 Å². The smallest absolute Gasteiger partial charge is 0.331 e. The van der Waals surface area contributed by atoms with Gasteiger partial charge in [0.15, 0.2) is 6.10 Å². The van der Waals surface area contributed by atoms with Gasteiger partial charge in [-0.15, -0.1) is 10.2 Å². The number of aliphatic imine (C=N–C) groups is 1. The number of aromatic nitrogens is 2. The van der Waals surface area contributed by atoms with Gasteiger partial charge in [-0.2, -0.15) is 0 Å². The largest absolute Gasteiger partial charge is 0.497 e. The van der Waals surface area contributed by atoms with Crippen LogP contribution in [0.5, 0.6) is 5.75 Å². The van der Waals surface area contributed by atoms with Crippen LogP contribution in [0.15, 0.2) is 62.8 Å². The van der Waals surface area contributed by atoms with Gasteiger partial charge in [-0.3, -0.25) is 9.71 Å². The number of methoxy groups -OCH3 is 1. The van der Waals surface area contributed by atoms with Gasteiger partial charge < -0.3 is 13.9 Å². The molecule has 10 nitrogen and oxygen atoms in total. The Kier molecular flexibility index (Phi) is 5.66. The molecule has 1 N–H and O–H groups in total. The van der Waals surface area contributed by atoms with Crippen LogP contribution in [0.3, 0.4) is 0 Å². The third-order valence-electron chi connectivity index (χ3n) is 4.74. The van der Waals surface area contributed by atoms with Crippen molar-refractivity contribution in [2.45, 2.75) is 30.9 Å². The molecule has 32 heavy (non-hydrogen) atoms. The second-order valence-corrected chi connectivity index (χ2v) is 8.66. The van der Waals surface area contributed by atoms with Gasteiger partial charge in [0.1, 0.15) is 17.6 Å². The number of sulfonamides is 1. The zero-order valence-corrected chi connectivity index (χ0v) is 18.3. The van der Waals surface area contributed by atoms with E-state index in [-0.39, 0.29) is 22.5 Å². The van der Waals surface area contributed by atoms with Crippen molar-refractivity contribution in [3.8, 4) is 17.2 Å². The van der Waals surface area contributed by atoms with Crippen LogP contribution in [0.2, 0.25) is 0 Å². The van der Waals surface area contributed by atoms with E-state index in [0.717, 1.165) is 0 Å². The Morgan fingerprint density at radius 2 is 1.81 bits per heavy atom. The van der Waals surface area contributed by atoms with Gasteiger partial charge in [-0.05, 0) is 50.2 Å². The fourth-order valence-electron chi connectivity index (χ4n) is 3.05. The number of ether oxygens (including phenoxy) is 2. The zero-order valence-electron chi connectivity index (χ0n) is 17.5. The molecule has 0 saturated heterocycles. The third-order valence-corrected chi connectivity index (χ3v) is 6.14. The van der Waals surface area contributed by atoms with Crippen LogP contribution < -0.4 is 9.46 Å². The van der Waals surface area contributed by atoms with Crippen LogP contribution in [0.4, 0.5) is 0 Å². The van der Waals surface area contributed by atoms with Crippen LogP contribution in [-0.2, 0) is 19.6 Å². The van der Waals surface area contributed by atoms with Gasteiger partial charge in [-0.25, -0.2) is 13.2 Å². The van der Waals surface area contributed by atoms with E-state index in [1.54, 1.807) is 56.5 Å². The van der Waals surface area contributed by atoms with E-state index in [1.807, 2.05) is 0 Å². The van der Waals surface area contributed by atoms with Crippen LogP contribution in [0.25, 0.3) is 11.5 Å². The maximum absolute atomic E-state index is 12.5. The van der Waals surface area contributed by atoms with Crippen LogP contribution in [0, 0.1) is 0 Å². The fraction of sp³-hybridized carbons (Fsp3) is 0.238. The molecule has 0 bridgehead atoms. The molecule has 1 unspecified atom stereocenters. The van der Waals surface area contributed by atoms with Gasteiger partial charge in [0, 0.05) is 11.1 Å². The molecule has 4 rings (SSSR count). The lowest BCUT2D eigenvalue weighted by atomic mass is 10.2. The van der Waals surface area contributed by atoms with Crippen molar-refractivity contribution >= 4 is 21.8 Å². The number of benzene rings is 2. The average molecular weight is 456 g/mol. The summed E-state index contributed by atoms with van der Waals surface area (Å²) >= 11 is 0. The number of amidine groups is 1. The average Bonchev–Trinajstić information content (AvgIpc) is 3.37. The minimum atomic E-state index is -3.69. The summed E-state index contributed by atoms with van der Waals surface area (Å²) in [4.78, 5) is 16.8. The number of nitrogens with zero attached hydrogens (tertiary/aromatic N) is 3. The summed E-state index contributed by atoms with van der Waals surface area (Å²) in [5, 5.41) is 7.93. The summed E-state index contributed by atoms with van der Waals surface area (Å²) in [6.45, 7) is 3.10. The monoisotopic (exact) mass is 456 g/mol. The molecule has 11 heteroatoms. The molecule has 1 aromatic heterocycles. The Morgan fingerprint density at radius 1 is 1.09 bits per heavy atom. The van der Waals surface area contributed by atoms with Gasteiger partial charge >= 0.3 is 5.97 Å². The molecule has 2 atom stereocenters. The zero-order chi connectivity index (χ0) is 22.9. The fourth-order valence-corrected chi connectivity index (χ4v) is 4.29. The number of hydrogen-bond donors (Lipinski definition) is 1. The minimum absolute atomic E-state index is 0.0947. The number of nitrogens with one attached hydrogen (secondary N) is 1. The first kappa shape index (κ1) is 21.5. The Labute approximate surface area is 184 Å². The standard InChI is InChI=1S/C21H20N4O6S/c1-12(22-18-16-6-4-5-7-17(16)32(27,28)25-18)21(26)30-13(2)19-23-24-20(31-19)14-8-10-15(29-3)11-9-14/h4-13H,1-3H3,(H,22,25)/t12-,13?/m0/s1. The minimum Gasteiger partial charge on any atom is -0.497 e. The predicted molar refractivity (Wildman–Crippen MR) is 114 cm³/mol. The molecule has 0 amide bonds. The van der Waals surface area contributed by atoms with E-state index in [4.69, 9.17) is 13.9 Å². The lowest BCUT2D eigenvalue weighted by Crippen LogP contribution is -2.27. The molecule has 0 spiro atoms. The summed E-state index contributed by atoms with van der Waals surface area (Å²) in [6, 6.07) is 12.5. The highest BCUT2D eigenvalue weighted by atomic mass is 32.2. The van der Waals surface area contributed by atoms with E-state index in [2.05, 4.69) is 19.9 Å². The van der Waals surface area contributed by atoms with E-state index >= 15 is 0 Å². The van der Waals surface area contributed by atoms with E-state index in [9.17, 15) is 13.2 Å². The predicted octanol–water partition coefficient (Wildman–Crippen LogP) is 2.48. The molecular weight excluding hydrogens is 436 g/mol. The summed E-state index contributed by atoms with van der Waals surface area (Å²) in [5.41, 5.74) is 1.09. The summed E-state index contributed by atoms with van der Waals surface area (Å²) in [6.07, 6.45) is -0.822. The van der Waals surface area contributed by atoms with Gasteiger partial charge in [0.25, 0.3) is 15.9 Å². The second kappa shape index (κ2) is 8.42. The quantitative estimate of drug-likeness (QED) is 0.559. The molecule has 0 aliphatic carbocycles. The Bertz CT molecular complexity index is 1280. The first-order valence-electron chi connectivity index (χ1n) is 9.67. The van der Waals surface area contributed by atoms with Crippen LogP contribution >= 0.6 is 0 Å². The highest BCUT2D eigenvalue weighted by Crippen LogP contribution is 2.25. The van der Waals surface area contributed by atoms with Crippen molar-refractivity contribution in [3.05, 3.63) is 60.0 Å². The summed E-state index contributed by atoms with van der Waals surface area (Å²) < 4.78 is 42.9. The maximum atomic E-state index is 12.5. The Morgan fingerprint density at radius 3 is 2.53 bits per heavy atom. The van der Waals surface area contributed by atoms with Crippen LogP contribution in [0.1, 0.15) is 31.4 Å². The first-order chi connectivity index (χ1) is 15.3. The number of hydrogen-bond acceptors (Lipinski definition) is 9. The first-order valence-corrected chi connectivity index (χ1v) is 11.1. The third kappa shape index (κ3) is 4.19. The number of rotatable bonds is 6. The number of fused-ring (bicyclic) bond motifs is 1. The maximum Gasteiger partial charge on any atom is 0.331 e. The Hall–Kier alpha value is -3.73. The lowest BCUT2D eigenvalue weighted by molar-refractivity contribution is -0.150. The SMILES string of the molecule is COc1ccc(-c2nnc(C(C)OC(=O)[C@H](C)N=C3NS(=O)(=O)c4ccccc43)o2)cc1. The van der Waals surface area contributed by atoms with Crippen molar-refractivity contribution in [1.29, 1.82) is 0 Å². The highest BCUT2D eigenvalue weighted by molar-refractivity contribution is 7.90. The molecule has 2 aromatic carbocycles. The molecule has 0 fully saturated rings. The molecule has 0 saturated carbocycles. The molecule has 166 valence electrons.